The SMILES string of the molecule is CC(=CCSc1ccccc1)CO. The first-order chi connectivity index (χ1) is 6.33. The zero-order valence-electron chi connectivity index (χ0n) is 7.73. The number of thioether (sulfide) groups is 1. The minimum atomic E-state index is 0.162. The van der Waals surface area contributed by atoms with Gasteiger partial charge < -0.3 is 5.11 Å². The van der Waals surface area contributed by atoms with E-state index < -0.39 is 0 Å². The van der Waals surface area contributed by atoms with Crippen molar-refractivity contribution in [3.63, 3.8) is 0 Å². The third-order valence-corrected chi connectivity index (χ3v) is 2.61. The average Bonchev–Trinajstić information content (AvgIpc) is 2.19. The molecule has 0 saturated carbocycles. The molecule has 0 amide bonds. The Balaban J connectivity index is 2.36. The lowest BCUT2D eigenvalue weighted by molar-refractivity contribution is 0.331. The maximum absolute atomic E-state index is 8.75. The van der Waals surface area contributed by atoms with E-state index >= 15 is 0 Å². The molecule has 70 valence electrons. The van der Waals surface area contributed by atoms with Crippen LogP contribution in [0.15, 0.2) is 46.9 Å². The fourth-order valence-corrected chi connectivity index (χ4v) is 1.77. The Morgan fingerprint density at radius 1 is 1.38 bits per heavy atom. The van der Waals surface area contributed by atoms with Crippen LogP contribution >= 0.6 is 11.8 Å². The van der Waals surface area contributed by atoms with Crippen molar-refractivity contribution in [3.8, 4) is 0 Å². The Labute approximate surface area is 83.5 Å². The van der Waals surface area contributed by atoms with Crippen molar-refractivity contribution in [1.82, 2.24) is 0 Å². The van der Waals surface area contributed by atoms with Crippen LogP contribution < -0.4 is 0 Å². The lowest BCUT2D eigenvalue weighted by Crippen LogP contribution is -1.84. The summed E-state index contributed by atoms with van der Waals surface area (Å²) in [4.78, 5) is 1.27. The zero-order chi connectivity index (χ0) is 9.52. The van der Waals surface area contributed by atoms with Gasteiger partial charge in [0.2, 0.25) is 0 Å². The molecule has 0 saturated heterocycles. The van der Waals surface area contributed by atoms with E-state index in [1.807, 2.05) is 25.1 Å². The summed E-state index contributed by atoms with van der Waals surface area (Å²) < 4.78 is 0. The fraction of sp³-hybridized carbons (Fsp3) is 0.273. The predicted octanol–water partition coefficient (Wildman–Crippen LogP) is 2.72. The number of benzene rings is 1. The Morgan fingerprint density at radius 3 is 2.69 bits per heavy atom. The van der Waals surface area contributed by atoms with E-state index in [4.69, 9.17) is 5.11 Å². The van der Waals surface area contributed by atoms with Gasteiger partial charge in [-0.05, 0) is 19.1 Å². The van der Waals surface area contributed by atoms with Crippen LogP contribution in [0.4, 0.5) is 0 Å². The summed E-state index contributed by atoms with van der Waals surface area (Å²) in [7, 11) is 0. The van der Waals surface area contributed by atoms with E-state index in [-0.39, 0.29) is 6.61 Å². The van der Waals surface area contributed by atoms with Crippen LogP contribution in [-0.2, 0) is 0 Å². The first-order valence-corrected chi connectivity index (χ1v) is 5.26. The average molecular weight is 194 g/mol. The van der Waals surface area contributed by atoms with E-state index in [0.717, 1.165) is 11.3 Å². The van der Waals surface area contributed by atoms with Gasteiger partial charge in [0.15, 0.2) is 0 Å². The van der Waals surface area contributed by atoms with Crippen LogP contribution in [0.2, 0.25) is 0 Å². The van der Waals surface area contributed by atoms with Crippen molar-refractivity contribution >= 4 is 11.8 Å². The van der Waals surface area contributed by atoms with Gasteiger partial charge in [-0.3, -0.25) is 0 Å². The third kappa shape index (κ3) is 4.15. The van der Waals surface area contributed by atoms with Crippen LogP contribution in [0.25, 0.3) is 0 Å². The molecule has 13 heavy (non-hydrogen) atoms. The summed E-state index contributed by atoms with van der Waals surface area (Å²) >= 11 is 1.78. The molecule has 1 rings (SSSR count). The standard InChI is InChI=1S/C11H14OS/c1-10(9-12)7-8-13-11-5-3-2-4-6-11/h2-7,12H,8-9H2,1H3. The van der Waals surface area contributed by atoms with Crippen LogP contribution in [0, 0.1) is 0 Å². The van der Waals surface area contributed by atoms with Crippen LogP contribution in [-0.4, -0.2) is 17.5 Å². The van der Waals surface area contributed by atoms with Gasteiger partial charge in [-0.2, -0.15) is 0 Å². The second-order valence-corrected chi connectivity index (χ2v) is 3.93. The van der Waals surface area contributed by atoms with Crippen LogP contribution in [0.3, 0.4) is 0 Å². The Morgan fingerprint density at radius 2 is 2.08 bits per heavy atom. The first-order valence-electron chi connectivity index (χ1n) is 4.27. The highest BCUT2D eigenvalue weighted by Crippen LogP contribution is 2.17. The van der Waals surface area contributed by atoms with Gasteiger partial charge in [0, 0.05) is 10.6 Å². The Hall–Kier alpha value is -0.730. The molecular formula is C11H14OS. The number of hydrogen-bond acceptors (Lipinski definition) is 2. The molecule has 0 aliphatic rings. The fourth-order valence-electron chi connectivity index (χ4n) is 0.861. The highest BCUT2D eigenvalue weighted by Gasteiger charge is 1.90. The normalized spacial score (nSPS) is 11.7. The molecule has 0 bridgehead atoms. The molecule has 0 radical (unpaired) electrons. The van der Waals surface area contributed by atoms with Gasteiger partial charge in [-0.15, -0.1) is 11.8 Å². The molecule has 0 unspecified atom stereocenters. The molecule has 1 N–H and O–H groups in total. The number of aliphatic hydroxyl groups is 1. The van der Waals surface area contributed by atoms with E-state index in [1.165, 1.54) is 4.90 Å². The molecule has 0 aliphatic heterocycles. The van der Waals surface area contributed by atoms with E-state index in [1.54, 1.807) is 11.8 Å². The second-order valence-electron chi connectivity index (χ2n) is 2.83. The molecule has 0 fully saturated rings. The van der Waals surface area contributed by atoms with Gasteiger partial charge in [0.05, 0.1) is 6.61 Å². The van der Waals surface area contributed by atoms with Crippen molar-refractivity contribution in [2.45, 2.75) is 11.8 Å². The van der Waals surface area contributed by atoms with E-state index in [9.17, 15) is 0 Å². The summed E-state index contributed by atoms with van der Waals surface area (Å²) in [5.41, 5.74) is 1.03. The number of hydrogen-bond donors (Lipinski definition) is 1. The lowest BCUT2D eigenvalue weighted by Gasteiger charge is -1.97. The smallest absolute Gasteiger partial charge is 0.0639 e. The summed E-state index contributed by atoms with van der Waals surface area (Å²) in [6.45, 7) is 2.10. The molecule has 0 aliphatic carbocycles. The zero-order valence-corrected chi connectivity index (χ0v) is 8.55. The maximum atomic E-state index is 8.75. The molecule has 1 nitrogen and oxygen atoms in total. The summed E-state index contributed by atoms with van der Waals surface area (Å²) in [6, 6.07) is 10.3. The molecule has 0 aromatic heterocycles. The van der Waals surface area contributed by atoms with E-state index in [0.29, 0.717) is 0 Å². The quantitative estimate of drug-likeness (QED) is 0.587. The van der Waals surface area contributed by atoms with Crippen LogP contribution in [0.1, 0.15) is 6.92 Å². The second kappa shape index (κ2) is 5.84. The molecule has 0 atom stereocenters. The Kier molecular flexibility index (Phi) is 4.65. The summed E-state index contributed by atoms with van der Waals surface area (Å²) in [5, 5.41) is 8.75. The van der Waals surface area contributed by atoms with Crippen molar-refractivity contribution in [2.75, 3.05) is 12.4 Å². The molecule has 1 aromatic rings. The largest absolute Gasteiger partial charge is 0.392 e. The number of rotatable bonds is 4. The van der Waals surface area contributed by atoms with Gasteiger partial charge in [0.25, 0.3) is 0 Å². The monoisotopic (exact) mass is 194 g/mol. The Bertz CT molecular complexity index is 267. The predicted molar refractivity (Wildman–Crippen MR) is 58.0 cm³/mol. The lowest BCUT2D eigenvalue weighted by atomic mass is 10.3. The van der Waals surface area contributed by atoms with Gasteiger partial charge in [-0.25, -0.2) is 0 Å². The molecular weight excluding hydrogens is 180 g/mol. The minimum Gasteiger partial charge on any atom is -0.392 e. The van der Waals surface area contributed by atoms with Crippen molar-refractivity contribution in [3.05, 3.63) is 42.0 Å². The minimum absolute atomic E-state index is 0.162. The highest BCUT2D eigenvalue weighted by atomic mass is 32.2. The van der Waals surface area contributed by atoms with Gasteiger partial charge >= 0.3 is 0 Å². The molecule has 2 heteroatoms. The highest BCUT2D eigenvalue weighted by molar-refractivity contribution is 7.99. The first kappa shape index (κ1) is 10.4. The molecule has 1 aromatic carbocycles. The number of aliphatic hydroxyl groups excluding tert-OH is 1. The van der Waals surface area contributed by atoms with Crippen molar-refractivity contribution < 1.29 is 5.11 Å². The van der Waals surface area contributed by atoms with Crippen molar-refractivity contribution in [1.29, 1.82) is 0 Å². The topological polar surface area (TPSA) is 20.2 Å². The van der Waals surface area contributed by atoms with E-state index in [2.05, 4.69) is 18.2 Å². The summed E-state index contributed by atoms with van der Waals surface area (Å²) in [5.74, 6) is 0.927. The van der Waals surface area contributed by atoms with Crippen LogP contribution in [0.5, 0.6) is 0 Å². The van der Waals surface area contributed by atoms with Crippen molar-refractivity contribution in [2.24, 2.45) is 0 Å². The molecule has 0 heterocycles. The third-order valence-electron chi connectivity index (χ3n) is 1.67. The molecule has 0 spiro atoms. The summed E-state index contributed by atoms with van der Waals surface area (Å²) in [6.07, 6.45) is 2.05. The maximum Gasteiger partial charge on any atom is 0.0639 e. The van der Waals surface area contributed by atoms with Gasteiger partial charge in [-0.1, -0.05) is 29.8 Å². The van der Waals surface area contributed by atoms with Gasteiger partial charge in [0.1, 0.15) is 0 Å².